The lowest BCUT2D eigenvalue weighted by Crippen LogP contribution is -2.18. The van der Waals surface area contributed by atoms with Crippen LogP contribution in [0.2, 0.25) is 0 Å². The van der Waals surface area contributed by atoms with Gasteiger partial charge in [-0.2, -0.15) is 0 Å². The second kappa shape index (κ2) is 7.50. The molecule has 1 atom stereocenters. The minimum absolute atomic E-state index is 0.308. The van der Waals surface area contributed by atoms with Crippen molar-refractivity contribution in [1.82, 2.24) is 10.3 Å². The molecule has 0 fully saturated rings. The summed E-state index contributed by atoms with van der Waals surface area (Å²) in [6.45, 7) is 4.15. The lowest BCUT2D eigenvalue weighted by Gasteiger charge is -2.15. The van der Waals surface area contributed by atoms with Crippen LogP contribution in [0, 0.1) is 6.92 Å². The van der Waals surface area contributed by atoms with Crippen LogP contribution in [-0.2, 0) is 6.42 Å². The Bertz CT molecular complexity index is 522. The van der Waals surface area contributed by atoms with Crippen molar-refractivity contribution >= 4 is 11.8 Å². The second-order valence-electron chi connectivity index (χ2n) is 4.90. The molecule has 0 spiro atoms. The van der Waals surface area contributed by atoms with Crippen LogP contribution in [0.15, 0.2) is 40.2 Å². The van der Waals surface area contributed by atoms with Crippen molar-refractivity contribution in [2.75, 3.05) is 12.8 Å². The molecule has 2 rings (SSSR count). The number of nitrogens with one attached hydrogen (secondary N) is 1. The van der Waals surface area contributed by atoms with Crippen molar-refractivity contribution in [2.45, 2.75) is 38.0 Å². The van der Waals surface area contributed by atoms with E-state index in [0.29, 0.717) is 6.04 Å². The van der Waals surface area contributed by atoms with E-state index in [2.05, 4.69) is 41.5 Å². The number of hydrogen-bond acceptors (Lipinski definition) is 4. The van der Waals surface area contributed by atoms with E-state index in [0.717, 1.165) is 23.1 Å². The highest BCUT2D eigenvalue weighted by Gasteiger charge is 2.11. The summed E-state index contributed by atoms with van der Waals surface area (Å²) >= 11 is 1.64. The zero-order valence-corrected chi connectivity index (χ0v) is 13.2. The molecule has 3 nitrogen and oxygen atoms in total. The number of rotatable bonds is 7. The SMILES string of the molecule is CCCc1ccc(C(CSc2nc(C)co2)NC)cc1. The molecule has 4 heteroatoms. The molecular weight excluding hydrogens is 268 g/mol. The van der Waals surface area contributed by atoms with Crippen molar-refractivity contribution in [1.29, 1.82) is 0 Å². The molecule has 0 saturated heterocycles. The van der Waals surface area contributed by atoms with Crippen LogP contribution in [0.3, 0.4) is 0 Å². The largest absolute Gasteiger partial charge is 0.440 e. The van der Waals surface area contributed by atoms with Crippen LogP contribution in [0.25, 0.3) is 0 Å². The highest BCUT2D eigenvalue weighted by molar-refractivity contribution is 7.99. The smallest absolute Gasteiger partial charge is 0.255 e. The van der Waals surface area contributed by atoms with Crippen LogP contribution in [0.4, 0.5) is 0 Å². The number of benzene rings is 1. The lowest BCUT2D eigenvalue weighted by atomic mass is 10.0. The van der Waals surface area contributed by atoms with Gasteiger partial charge in [0.1, 0.15) is 6.26 Å². The quantitative estimate of drug-likeness (QED) is 0.783. The van der Waals surface area contributed by atoms with Crippen molar-refractivity contribution < 1.29 is 4.42 Å². The second-order valence-corrected chi connectivity index (χ2v) is 5.87. The Morgan fingerprint density at radius 1 is 1.30 bits per heavy atom. The predicted octanol–water partition coefficient (Wildman–Crippen LogP) is 3.99. The average Bonchev–Trinajstić information content (AvgIpc) is 2.87. The zero-order valence-electron chi connectivity index (χ0n) is 12.3. The summed E-state index contributed by atoms with van der Waals surface area (Å²) < 4.78 is 5.37. The van der Waals surface area contributed by atoms with E-state index in [1.54, 1.807) is 18.0 Å². The lowest BCUT2D eigenvalue weighted by molar-refractivity contribution is 0.453. The molecule has 20 heavy (non-hydrogen) atoms. The molecule has 1 unspecified atom stereocenters. The molecule has 0 aliphatic heterocycles. The van der Waals surface area contributed by atoms with Crippen molar-refractivity contribution in [3.63, 3.8) is 0 Å². The Morgan fingerprint density at radius 2 is 2.05 bits per heavy atom. The topological polar surface area (TPSA) is 38.1 Å². The standard InChI is InChI=1S/C16H22N2OS/c1-4-5-13-6-8-14(9-7-13)15(17-3)11-20-16-18-12(2)10-19-16/h6-10,15,17H,4-5,11H2,1-3H3. The normalized spacial score (nSPS) is 12.6. The molecule has 1 aromatic carbocycles. The summed E-state index contributed by atoms with van der Waals surface area (Å²) in [5, 5.41) is 4.10. The Balaban J connectivity index is 1.96. The number of oxazole rings is 1. The Hall–Kier alpha value is -1.26. The number of thioether (sulfide) groups is 1. The molecule has 0 aliphatic rings. The van der Waals surface area contributed by atoms with E-state index in [9.17, 15) is 0 Å². The van der Waals surface area contributed by atoms with Gasteiger partial charge < -0.3 is 9.73 Å². The molecule has 0 radical (unpaired) electrons. The van der Waals surface area contributed by atoms with Gasteiger partial charge in [0.25, 0.3) is 5.22 Å². The molecule has 1 aromatic heterocycles. The van der Waals surface area contributed by atoms with Crippen LogP contribution in [0.1, 0.15) is 36.2 Å². The first-order valence-electron chi connectivity index (χ1n) is 7.04. The van der Waals surface area contributed by atoms with Gasteiger partial charge in [-0.25, -0.2) is 4.98 Å². The summed E-state index contributed by atoms with van der Waals surface area (Å²) in [7, 11) is 1.99. The summed E-state index contributed by atoms with van der Waals surface area (Å²) in [4.78, 5) is 4.32. The Kier molecular flexibility index (Phi) is 5.68. The highest BCUT2D eigenvalue weighted by atomic mass is 32.2. The van der Waals surface area contributed by atoms with Crippen molar-refractivity contribution in [2.24, 2.45) is 0 Å². The first-order valence-corrected chi connectivity index (χ1v) is 8.02. The maximum atomic E-state index is 5.37. The summed E-state index contributed by atoms with van der Waals surface area (Å²) in [6, 6.07) is 9.19. The fourth-order valence-electron chi connectivity index (χ4n) is 2.10. The maximum absolute atomic E-state index is 5.37. The first-order chi connectivity index (χ1) is 9.72. The van der Waals surface area contributed by atoms with Gasteiger partial charge in [-0.15, -0.1) is 0 Å². The van der Waals surface area contributed by atoms with Gasteiger partial charge in [0.2, 0.25) is 0 Å². The first kappa shape index (κ1) is 15.1. The summed E-state index contributed by atoms with van der Waals surface area (Å²) in [5.41, 5.74) is 3.64. The van der Waals surface area contributed by atoms with Crippen LogP contribution in [-0.4, -0.2) is 17.8 Å². The Labute approximate surface area is 125 Å². The number of aryl methyl sites for hydroxylation is 2. The molecule has 0 amide bonds. The third-order valence-corrected chi connectivity index (χ3v) is 4.18. The van der Waals surface area contributed by atoms with E-state index in [1.807, 2.05) is 14.0 Å². The summed E-state index contributed by atoms with van der Waals surface area (Å²) in [5.74, 6) is 0.906. The van der Waals surface area contributed by atoms with Crippen LogP contribution >= 0.6 is 11.8 Å². The molecule has 1 heterocycles. The third kappa shape index (κ3) is 4.12. The van der Waals surface area contributed by atoms with Crippen LogP contribution < -0.4 is 5.32 Å². The van der Waals surface area contributed by atoms with E-state index in [-0.39, 0.29) is 0 Å². The molecule has 0 aliphatic carbocycles. The van der Waals surface area contributed by atoms with Crippen molar-refractivity contribution in [3.05, 3.63) is 47.3 Å². The van der Waals surface area contributed by atoms with E-state index >= 15 is 0 Å². The molecule has 1 N–H and O–H groups in total. The molecule has 108 valence electrons. The van der Waals surface area contributed by atoms with E-state index < -0.39 is 0 Å². The number of hydrogen-bond donors (Lipinski definition) is 1. The van der Waals surface area contributed by atoms with Gasteiger partial charge in [-0.05, 0) is 31.5 Å². The van der Waals surface area contributed by atoms with Crippen molar-refractivity contribution in [3.8, 4) is 0 Å². The van der Waals surface area contributed by atoms with Gasteiger partial charge in [0.15, 0.2) is 0 Å². The summed E-state index contributed by atoms with van der Waals surface area (Å²) in [6.07, 6.45) is 4.03. The maximum Gasteiger partial charge on any atom is 0.255 e. The molecule has 0 saturated carbocycles. The van der Waals surface area contributed by atoms with Crippen LogP contribution in [0.5, 0.6) is 0 Å². The van der Waals surface area contributed by atoms with Gasteiger partial charge >= 0.3 is 0 Å². The highest BCUT2D eigenvalue weighted by Crippen LogP contribution is 2.24. The zero-order chi connectivity index (χ0) is 14.4. The van der Waals surface area contributed by atoms with E-state index in [4.69, 9.17) is 4.42 Å². The Morgan fingerprint density at radius 3 is 2.60 bits per heavy atom. The van der Waals surface area contributed by atoms with Gasteiger partial charge in [0.05, 0.1) is 5.69 Å². The van der Waals surface area contributed by atoms with Gasteiger partial charge in [-0.3, -0.25) is 0 Å². The number of aromatic nitrogens is 1. The average molecular weight is 290 g/mol. The fourth-order valence-corrected chi connectivity index (χ4v) is 3.10. The number of nitrogens with zero attached hydrogens (tertiary/aromatic N) is 1. The monoisotopic (exact) mass is 290 g/mol. The molecule has 0 bridgehead atoms. The van der Waals surface area contributed by atoms with Gasteiger partial charge in [0, 0.05) is 11.8 Å². The predicted molar refractivity (Wildman–Crippen MR) is 84.2 cm³/mol. The minimum atomic E-state index is 0.308. The fraction of sp³-hybridized carbons (Fsp3) is 0.438. The molecular formula is C16H22N2OS. The van der Waals surface area contributed by atoms with Gasteiger partial charge in [-0.1, -0.05) is 49.4 Å². The van der Waals surface area contributed by atoms with E-state index in [1.165, 1.54) is 17.5 Å². The third-order valence-electron chi connectivity index (χ3n) is 3.24. The molecule has 2 aromatic rings. The minimum Gasteiger partial charge on any atom is -0.440 e.